The smallest absolute Gasteiger partial charge is 0.367 e. The van der Waals surface area contributed by atoms with Gasteiger partial charge in [-0.2, -0.15) is 5.26 Å². The molecule has 0 bridgehead atoms. The van der Waals surface area contributed by atoms with Crippen LogP contribution in [0, 0.1) is 17.9 Å². The first-order chi connectivity index (χ1) is 17.0. The number of nitriles is 1. The summed E-state index contributed by atoms with van der Waals surface area (Å²) in [5.74, 6) is 0.630. The number of thioether (sulfide) groups is 1. The highest BCUT2D eigenvalue weighted by Crippen LogP contribution is 2.42. The third kappa shape index (κ3) is 5.54. The van der Waals surface area contributed by atoms with E-state index in [4.69, 9.17) is 26.5 Å². The van der Waals surface area contributed by atoms with E-state index in [0.29, 0.717) is 46.6 Å². The van der Waals surface area contributed by atoms with Crippen molar-refractivity contribution in [2.45, 2.75) is 30.2 Å². The highest BCUT2D eigenvalue weighted by molar-refractivity contribution is 7.98. The molecule has 0 aliphatic carbocycles. The summed E-state index contributed by atoms with van der Waals surface area (Å²) in [6, 6.07) is 9.40. The van der Waals surface area contributed by atoms with Crippen molar-refractivity contribution >= 4 is 40.6 Å². The molecule has 2 N–H and O–H groups in total. The zero-order valence-electron chi connectivity index (χ0n) is 18.8. The number of benzene rings is 1. The first-order valence-corrected chi connectivity index (χ1v) is 12.6. The van der Waals surface area contributed by atoms with Gasteiger partial charge in [0, 0.05) is 23.1 Å². The largest absolute Gasteiger partial charge is 0.488 e. The fourth-order valence-corrected chi connectivity index (χ4v) is 5.18. The molecule has 2 aromatic heterocycles. The molecule has 1 atom stereocenters. The summed E-state index contributed by atoms with van der Waals surface area (Å²) < 4.78 is 16.2. The number of pyridine rings is 1. The first-order valence-electron chi connectivity index (χ1n) is 10.7. The second-order valence-electron chi connectivity index (χ2n) is 7.41. The van der Waals surface area contributed by atoms with Crippen LogP contribution in [0.15, 0.2) is 34.7 Å². The average molecular weight is 508 g/mol. The molecule has 4 rings (SSSR count). The van der Waals surface area contributed by atoms with Crippen molar-refractivity contribution in [3.8, 4) is 22.9 Å². The van der Waals surface area contributed by atoms with E-state index in [9.17, 15) is 10.1 Å². The number of nitrogen functional groups attached to an aromatic ring is 1. The van der Waals surface area contributed by atoms with Crippen molar-refractivity contribution in [1.82, 2.24) is 9.97 Å². The molecule has 0 radical (unpaired) electrons. The third-order valence-electron chi connectivity index (χ3n) is 5.08. The summed E-state index contributed by atoms with van der Waals surface area (Å²) in [6.45, 7) is 10.9. The maximum absolute atomic E-state index is 11.9. The van der Waals surface area contributed by atoms with Gasteiger partial charge in [-0.3, -0.25) is 0 Å². The molecule has 11 heteroatoms. The molecule has 1 aliphatic heterocycles. The van der Waals surface area contributed by atoms with E-state index in [1.807, 2.05) is 0 Å². The van der Waals surface area contributed by atoms with Gasteiger partial charge in [0.2, 0.25) is 10.7 Å². The molecule has 1 fully saturated rings. The lowest BCUT2D eigenvalue weighted by atomic mass is 10.00. The molecule has 178 valence electrons. The number of aromatic nitrogens is 2. The Bertz CT molecular complexity index is 1310. The van der Waals surface area contributed by atoms with Gasteiger partial charge in [-0.1, -0.05) is 23.9 Å². The Labute approximate surface area is 210 Å². The summed E-state index contributed by atoms with van der Waals surface area (Å²) in [5.41, 5.74) is 8.25. The predicted molar refractivity (Wildman–Crippen MR) is 133 cm³/mol. The van der Waals surface area contributed by atoms with Gasteiger partial charge in [-0.25, -0.2) is 19.6 Å². The van der Waals surface area contributed by atoms with Crippen LogP contribution >= 0.6 is 23.1 Å². The van der Waals surface area contributed by atoms with Crippen LogP contribution in [-0.4, -0.2) is 41.9 Å². The molecule has 0 amide bonds. The summed E-state index contributed by atoms with van der Waals surface area (Å²) >= 11 is 2.46. The standard InChI is InChI=1S/C24H21N5O4S2/c1-3-32-24(30)23-28-15(13-35-23)12-34-22-18(10-25)19(20(27-2)21(26)29-22)14-4-6-16(7-5-14)33-17-8-9-31-11-17/h4-7,13,17H,3,8-9,11-12H2,1H3,(H2,26,29). The van der Waals surface area contributed by atoms with E-state index in [1.54, 1.807) is 36.6 Å². The summed E-state index contributed by atoms with van der Waals surface area (Å²) in [5, 5.41) is 12.4. The lowest BCUT2D eigenvalue weighted by molar-refractivity contribution is 0.0525. The number of rotatable bonds is 8. The van der Waals surface area contributed by atoms with Gasteiger partial charge in [0.1, 0.15) is 28.8 Å². The number of thiazole rings is 1. The highest BCUT2D eigenvalue weighted by atomic mass is 32.2. The second kappa shape index (κ2) is 11.2. The Hall–Kier alpha value is -3.64. The highest BCUT2D eigenvalue weighted by Gasteiger charge is 2.22. The number of ether oxygens (including phenoxy) is 3. The molecule has 9 nitrogen and oxygen atoms in total. The number of carbonyl (C=O) groups excluding carboxylic acids is 1. The van der Waals surface area contributed by atoms with E-state index >= 15 is 0 Å². The zero-order valence-corrected chi connectivity index (χ0v) is 20.4. The third-order valence-corrected chi connectivity index (χ3v) is 6.96. The quantitative estimate of drug-likeness (QED) is 0.259. The normalized spacial score (nSPS) is 14.8. The fourth-order valence-electron chi connectivity index (χ4n) is 3.47. The molecular weight excluding hydrogens is 486 g/mol. The van der Waals surface area contributed by atoms with Crippen molar-refractivity contribution < 1.29 is 19.0 Å². The number of anilines is 1. The van der Waals surface area contributed by atoms with Gasteiger partial charge < -0.3 is 19.9 Å². The zero-order chi connectivity index (χ0) is 24.8. The van der Waals surface area contributed by atoms with Crippen LogP contribution in [0.4, 0.5) is 11.5 Å². The topological polar surface area (TPSA) is 125 Å². The van der Waals surface area contributed by atoms with Crippen molar-refractivity contribution in [1.29, 1.82) is 5.26 Å². The molecule has 0 saturated carbocycles. The van der Waals surface area contributed by atoms with Gasteiger partial charge in [-0.15, -0.1) is 11.3 Å². The van der Waals surface area contributed by atoms with Crippen LogP contribution in [0.5, 0.6) is 5.75 Å². The van der Waals surface area contributed by atoms with Crippen molar-refractivity contribution in [2.75, 3.05) is 25.6 Å². The van der Waals surface area contributed by atoms with Crippen LogP contribution < -0.4 is 10.5 Å². The Morgan fingerprint density at radius 2 is 2.20 bits per heavy atom. The van der Waals surface area contributed by atoms with Gasteiger partial charge in [0.25, 0.3) is 0 Å². The minimum atomic E-state index is -0.467. The second-order valence-corrected chi connectivity index (χ2v) is 9.23. The number of nitrogens with two attached hydrogens (primary N) is 1. The number of esters is 1. The predicted octanol–water partition coefficient (Wildman–Crippen LogP) is 4.85. The molecule has 3 heterocycles. The van der Waals surface area contributed by atoms with Crippen molar-refractivity contribution in [2.24, 2.45) is 0 Å². The molecule has 1 aromatic carbocycles. The maximum Gasteiger partial charge on any atom is 0.367 e. The van der Waals surface area contributed by atoms with Gasteiger partial charge in [0.05, 0.1) is 37.7 Å². The van der Waals surface area contributed by atoms with Crippen LogP contribution in [0.3, 0.4) is 0 Å². The SMILES string of the molecule is [C-]#[N+]c1c(N)nc(SCc2csc(C(=O)OCC)n2)c(C#N)c1-c1ccc(OC2CCOC2)cc1. The molecular formula is C24H21N5O4S2. The lowest BCUT2D eigenvalue weighted by Crippen LogP contribution is -2.15. The minimum Gasteiger partial charge on any atom is -0.488 e. The number of carbonyl (C=O) groups is 1. The minimum absolute atomic E-state index is 0.0175. The summed E-state index contributed by atoms with van der Waals surface area (Å²) in [4.78, 5) is 24.0. The lowest BCUT2D eigenvalue weighted by Gasteiger charge is -2.15. The van der Waals surface area contributed by atoms with E-state index in [1.165, 1.54) is 23.1 Å². The Morgan fingerprint density at radius 3 is 2.86 bits per heavy atom. The maximum atomic E-state index is 11.9. The fraction of sp³-hybridized carbons (Fsp3) is 0.292. The molecule has 1 saturated heterocycles. The molecule has 1 aliphatic rings. The van der Waals surface area contributed by atoms with Crippen molar-refractivity contribution in [3.63, 3.8) is 0 Å². The number of nitrogens with zero attached hydrogens (tertiary/aromatic N) is 4. The first kappa shape index (κ1) is 24.5. The Kier molecular flexibility index (Phi) is 7.83. The molecule has 0 spiro atoms. The number of hydrogen-bond donors (Lipinski definition) is 1. The van der Waals surface area contributed by atoms with Gasteiger partial charge >= 0.3 is 5.97 Å². The molecule has 3 aromatic rings. The summed E-state index contributed by atoms with van der Waals surface area (Å²) in [6.07, 6.45) is 0.855. The van der Waals surface area contributed by atoms with Crippen LogP contribution in [0.1, 0.15) is 34.4 Å². The number of hydrogen-bond acceptors (Lipinski definition) is 10. The van der Waals surface area contributed by atoms with Gasteiger partial charge in [0.15, 0.2) is 0 Å². The van der Waals surface area contributed by atoms with Crippen LogP contribution in [0.25, 0.3) is 16.0 Å². The monoisotopic (exact) mass is 507 g/mol. The Morgan fingerprint density at radius 1 is 1.40 bits per heavy atom. The molecule has 35 heavy (non-hydrogen) atoms. The average Bonchev–Trinajstić information content (AvgIpc) is 3.55. The molecule has 1 unspecified atom stereocenters. The van der Waals surface area contributed by atoms with E-state index < -0.39 is 5.97 Å². The Balaban J connectivity index is 1.60. The van der Waals surface area contributed by atoms with Gasteiger partial charge in [-0.05, 0) is 24.6 Å². The summed E-state index contributed by atoms with van der Waals surface area (Å²) in [7, 11) is 0. The van der Waals surface area contributed by atoms with Crippen molar-refractivity contribution in [3.05, 3.63) is 57.3 Å². The van der Waals surface area contributed by atoms with E-state index in [0.717, 1.165) is 6.42 Å². The van der Waals surface area contributed by atoms with E-state index in [-0.39, 0.29) is 34.8 Å². The van der Waals surface area contributed by atoms with E-state index in [2.05, 4.69) is 20.9 Å². The van der Waals surface area contributed by atoms with Crippen LogP contribution in [-0.2, 0) is 15.2 Å². The van der Waals surface area contributed by atoms with Crippen LogP contribution in [0.2, 0.25) is 0 Å².